The minimum absolute atomic E-state index is 0.677. The molecule has 0 radical (unpaired) electrons. The second-order valence-electron chi connectivity index (χ2n) is 3.99. The van der Waals surface area contributed by atoms with E-state index in [2.05, 4.69) is 9.97 Å². The first-order chi connectivity index (χ1) is 7.99. The summed E-state index contributed by atoms with van der Waals surface area (Å²) in [5.74, 6) is -0.313. The fraction of sp³-hybridized carbons (Fsp3) is 0.273. The molecule has 6 N–H and O–H groups in total. The van der Waals surface area contributed by atoms with Crippen LogP contribution in [0.2, 0.25) is 0 Å². The molecule has 6 heteroatoms. The number of aromatic nitrogens is 2. The lowest BCUT2D eigenvalue weighted by atomic mass is 10.0. The van der Waals surface area contributed by atoms with Gasteiger partial charge in [-0.25, -0.2) is 4.98 Å². The molecule has 17 heavy (non-hydrogen) atoms. The van der Waals surface area contributed by atoms with Crippen molar-refractivity contribution in [3.63, 3.8) is 0 Å². The van der Waals surface area contributed by atoms with E-state index in [0.717, 1.165) is 16.9 Å². The number of aliphatic carboxylic acids is 1. The Kier molecular flexibility index (Phi) is 2.83. The Bertz CT molecular complexity index is 564. The lowest BCUT2D eigenvalue weighted by molar-refractivity contribution is -0.139. The van der Waals surface area contributed by atoms with Crippen LogP contribution in [0.4, 0.5) is 0 Å². The first-order valence-corrected chi connectivity index (χ1v) is 5.19. The maximum Gasteiger partial charge on any atom is 0.322 e. The number of hydrogen-bond acceptors (Lipinski definition) is 4. The van der Waals surface area contributed by atoms with Gasteiger partial charge in [0.2, 0.25) is 0 Å². The summed E-state index contributed by atoms with van der Waals surface area (Å²) in [6.07, 6.45) is 0. The molecule has 0 aliphatic heterocycles. The number of aromatic amines is 1. The van der Waals surface area contributed by atoms with Crippen molar-refractivity contribution in [3.8, 4) is 0 Å². The number of imidazole rings is 1. The van der Waals surface area contributed by atoms with Crippen molar-refractivity contribution in [2.24, 2.45) is 11.5 Å². The zero-order valence-electron chi connectivity index (χ0n) is 9.34. The quantitative estimate of drug-likeness (QED) is 0.608. The molecule has 0 aliphatic carbocycles. The van der Waals surface area contributed by atoms with Crippen LogP contribution in [0.1, 0.15) is 17.4 Å². The van der Waals surface area contributed by atoms with Crippen LogP contribution in [0.5, 0.6) is 0 Å². The molecular formula is C11H14N4O2. The molecule has 2 unspecified atom stereocenters. The van der Waals surface area contributed by atoms with Gasteiger partial charge in [0.05, 0.1) is 17.1 Å². The van der Waals surface area contributed by atoms with Gasteiger partial charge in [-0.1, -0.05) is 6.07 Å². The van der Waals surface area contributed by atoms with E-state index in [1.54, 1.807) is 18.2 Å². The minimum atomic E-state index is -1.11. The largest absolute Gasteiger partial charge is 0.480 e. The van der Waals surface area contributed by atoms with Crippen LogP contribution >= 0.6 is 0 Å². The van der Waals surface area contributed by atoms with Crippen LogP contribution in [0.25, 0.3) is 11.0 Å². The Balaban J connectivity index is 2.38. The van der Waals surface area contributed by atoms with Gasteiger partial charge in [0, 0.05) is 0 Å². The van der Waals surface area contributed by atoms with Crippen molar-refractivity contribution in [3.05, 3.63) is 29.6 Å². The highest BCUT2D eigenvalue weighted by molar-refractivity contribution is 5.78. The number of nitrogens with two attached hydrogens (primary N) is 2. The van der Waals surface area contributed by atoms with E-state index in [1.807, 2.05) is 6.92 Å². The Morgan fingerprint density at radius 2 is 2.18 bits per heavy atom. The Hall–Kier alpha value is -1.92. The lowest BCUT2D eigenvalue weighted by Gasteiger charge is -2.16. The van der Waals surface area contributed by atoms with Crippen LogP contribution in [0.3, 0.4) is 0 Å². The molecule has 2 aromatic rings. The van der Waals surface area contributed by atoms with Crippen LogP contribution in [0.15, 0.2) is 18.2 Å². The number of carboxylic acid groups (broad SMARTS) is 1. The molecule has 0 spiro atoms. The summed E-state index contributed by atoms with van der Waals surface area (Å²) in [7, 11) is 0. The average molecular weight is 234 g/mol. The van der Waals surface area contributed by atoms with Crippen LogP contribution in [-0.4, -0.2) is 27.1 Å². The number of carboxylic acids is 1. The molecule has 2 atom stereocenters. The predicted octanol–water partition coefficient (Wildman–Crippen LogP) is 0.283. The molecule has 1 aromatic heterocycles. The summed E-state index contributed by atoms with van der Waals surface area (Å²) in [6, 6.07) is 3.47. The maximum absolute atomic E-state index is 10.8. The molecule has 0 saturated heterocycles. The summed E-state index contributed by atoms with van der Waals surface area (Å²) in [5.41, 5.74) is 13.6. The smallest absolute Gasteiger partial charge is 0.322 e. The highest BCUT2D eigenvalue weighted by atomic mass is 16.4. The Labute approximate surface area is 97.6 Å². The molecule has 0 amide bonds. The van der Waals surface area contributed by atoms with Gasteiger partial charge in [-0.05, 0) is 24.6 Å². The molecule has 0 saturated carbocycles. The number of hydrogen-bond donors (Lipinski definition) is 4. The highest BCUT2D eigenvalue weighted by Crippen LogP contribution is 2.19. The fourth-order valence-electron chi connectivity index (χ4n) is 1.72. The second kappa shape index (κ2) is 4.15. The molecule has 0 aliphatic rings. The van der Waals surface area contributed by atoms with E-state index in [1.165, 1.54) is 0 Å². The predicted molar refractivity (Wildman–Crippen MR) is 63.4 cm³/mol. The topological polar surface area (TPSA) is 118 Å². The normalized spacial score (nSPS) is 14.8. The average Bonchev–Trinajstić information content (AvgIpc) is 2.65. The van der Waals surface area contributed by atoms with Gasteiger partial charge in [0.1, 0.15) is 11.9 Å². The molecule has 2 rings (SSSR count). The highest BCUT2D eigenvalue weighted by Gasteiger charge is 2.22. The van der Waals surface area contributed by atoms with Crippen molar-refractivity contribution in [2.45, 2.75) is 19.0 Å². The number of benzene rings is 1. The lowest BCUT2D eigenvalue weighted by Crippen LogP contribution is -2.40. The summed E-state index contributed by atoms with van der Waals surface area (Å²) < 4.78 is 0. The maximum atomic E-state index is 10.8. The van der Waals surface area contributed by atoms with E-state index < -0.39 is 18.1 Å². The molecule has 0 bridgehead atoms. The minimum Gasteiger partial charge on any atom is -0.480 e. The van der Waals surface area contributed by atoms with Gasteiger partial charge < -0.3 is 21.6 Å². The van der Waals surface area contributed by atoms with Gasteiger partial charge in [0.15, 0.2) is 0 Å². The third kappa shape index (κ3) is 2.13. The first-order valence-electron chi connectivity index (χ1n) is 5.19. The number of aryl methyl sites for hydroxylation is 1. The van der Waals surface area contributed by atoms with Crippen molar-refractivity contribution in [1.82, 2.24) is 9.97 Å². The van der Waals surface area contributed by atoms with Crippen LogP contribution in [-0.2, 0) is 4.79 Å². The molecular weight excluding hydrogens is 220 g/mol. The Morgan fingerprint density at radius 3 is 2.82 bits per heavy atom. The number of nitrogens with one attached hydrogen (secondary N) is 1. The molecule has 1 aromatic carbocycles. The SMILES string of the molecule is Cc1nc2ccc(C(N)C(N)C(=O)O)cc2[nH]1. The zero-order valence-corrected chi connectivity index (χ0v) is 9.34. The summed E-state index contributed by atoms with van der Waals surface area (Å²) in [4.78, 5) is 18.1. The van der Waals surface area contributed by atoms with E-state index in [9.17, 15) is 4.79 Å². The number of carbonyl (C=O) groups is 1. The molecule has 0 fully saturated rings. The molecule has 1 heterocycles. The van der Waals surface area contributed by atoms with Crippen molar-refractivity contribution < 1.29 is 9.90 Å². The van der Waals surface area contributed by atoms with Crippen LogP contribution < -0.4 is 11.5 Å². The Morgan fingerprint density at radius 1 is 1.47 bits per heavy atom. The van der Waals surface area contributed by atoms with Gasteiger partial charge in [-0.15, -0.1) is 0 Å². The number of nitrogens with zero attached hydrogens (tertiary/aromatic N) is 1. The number of fused-ring (bicyclic) bond motifs is 1. The van der Waals surface area contributed by atoms with Crippen molar-refractivity contribution in [2.75, 3.05) is 0 Å². The molecule has 6 nitrogen and oxygen atoms in total. The van der Waals surface area contributed by atoms with Crippen LogP contribution in [0, 0.1) is 6.92 Å². The van der Waals surface area contributed by atoms with Gasteiger partial charge in [-0.2, -0.15) is 0 Å². The van der Waals surface area contributed by atoms with Gasteiger partial charge in [0.25, 0.3) is 0 Å². The monoisotopic (exact) mass is 234 g/mol. The van der Waals surface area contributed by atoms with E-state index in [-0.39, 0.29) is 0 Å². The standard InChI is InChI=1S/C11H14N4O2/c1-5-14-7-3-2-6(4-8(7)15-5)9(12)10(13)11(16)17/h2-4,9-10H,12-13H2,1H3,(H,14,15)(H,16,17). The second-order valence-corrected chi connectivity index (χ2v) is 3.99. The third-order valence-corrected chi connectivity index (χ3v) is 2.68. The van der Waals surface area contributed by atoms with Gasteiger partial charge in [-0.3, -0.25) is 4.79 Å². The number of H-pyrrole nitrogens is 1. The first kappa shape index (κ1) is 11.6. The van der Waals surface area contributed by atoms with E-state index in [0.29, 0.717) is 5.56 Å². The van der Waals surface area contributed by atoms with E-state index in [4.69, 9.17) is 16.6 Å². The van der Waals surface area contributed by atoms with Crippen molar-refractivity contribution >= 4 is 17.0 Å². The summed E-state index contributed by atoms with van der Waals surface area (Å²) in [5, 5.41) is 8.81. The number of rotatable bonds is 3. The van der Waals surface area contributed by atoms with E-state index >= 15 is 0 Å². The third-order valence-electron chi connectivity index (χ3n) is 2.68. The zero-order chi connectivity index (χ0) is 12.6. The fourth-order valence-corrected chi connectivity index (χ4v) is 1.72. The summed E-state index contributed by atoms with van der Waals surface area (Å²) in [6.45, 7) is 1.85. The van der Waals surface area contributed by atoms with Gasteiger partial charge >= 0.3 is 5.97 Å². The molecule has 90 valence electrons. The van der Waals surface area contributed by atoms with Crippen molar-refractivity contribution in [1.29, 1.82) is 0 Å². The summed E-state index contributed by atoms with van der Waals surface area (Å²) >= 11 is 0.